The first-order valence-electron chi connectivity index (χ1n) is 7.67. The standard InChI is InChI=1S/C15H29N3O2/c1-9(2)17-15(20)11(4)18-14(19)10(3)12-6-5-7-13(16)8-12/h9-13H,5-8,16H2,1-4H3,(H,17,20)(H,18,19). The number of hydrogen-bond donors (Lipinski definition) is 3. The summed E-state index contributed by atoms with van der Waals surface area (Å²) in [5, 5.41) is 5.60. The maximum Gasteiger partial charge on any atom is 0.242 e. The van der Waals surface area contributed by atoms with Crippen LogP contribution < -0.4 is 16.4 Å². The number of amides is 2. The van der Waals surface area contributed by atoms with E-state index < -0.39 is 6.04 Å². The van der Waals surface area contributed by atoms with Gasteiger partial charge in [-0.1, -0.05) is 13.3 Å². The van der Waals surface area contributed by atoms with Crippen molar-refractivity contribution in [1.82, 2.24) is 10.6 Å². The number of nitrogens with one attached hydrogen (secondary N) is 2. The lowest BCUT2D eigenvalue weighted by atomic mass is 9.78. The van der Waals surface area contributed by atoms with Crippen LogP contribution in [0.1, 0.15) is 53.4 Å². The normalized spacial score (nSPS) is 25.9. The van der Waals surface area contributed by atoms with Gasteiger partial charge < -0.3 is 16.4 Å². The smallest absolute Gasteiger partial charge is 0.242 e. The van der Waals surface area contributed by atoms with Crippen molar-refractivity contribution in [2.45, 2.75) is 71.5 Å². The van der Waals surface area contributed by atoms with E-state index in [1.807, 2.05) is 20.8 Å². The molecule has 1 saturated carbocycles. The summed E-state index contributed by atoms with van der Waals surface area (Å²) < 4.78 is 0. The third-order valence-corrected chi connectivity index (χ3v) is 4.06. The molecule has 1 fully saturated rings. The molecular formula is C15H29N3O2. The minimum atomic E-state index is -0.496. The predicted molar refractivity (Wildman–Crippen MR) is 80.0 cm³/mol. The van der Waals surface area contributed by atoms with Gasteiger partial charge in [0.05, 0.1) is 0 Å². The van der Waals surface area contributed by atoms with E-state index in [0.717, 1.165) is 25.7 Å². The van der Waals surface area contributed by atoms with Crippen molar-refractivity contribution in [2.75, 3.05) is 0 Å². The summed E-state index contributed by atoms with van der Waals surface area (Å²) in [4.78, 5) is 24.0. The number of carbonyl (C=O) groups is 2. The highest BCUT2D eigenvalue weighted by atomic mass is 16.2. The van der Waals surface area contributed by atoms with Gasteiger partial charge in [-0.25, -0.2) is 0 Å². The van der Waals surface area contributed by atoms with Crippen molar-refractivity contribution in [2.24, 2.45) is 17.6 Å². The van der Waals surface area contributed by atoms with Gasteiger partial charge >= 0.3 is 0 Å². The summed E-state index contributed by atoms with van der Waals surface area (Å²) in [6.45, 7) is 7.46. The van der Waals surface area contributed by atoms with Crippen molar-refractivity contribution in [3.8, 4) is 0 Å². The van der Waals surface area contributed by atoms with E-state index in [9.17, 15) is 9.59 Å². The van der Waals surface area contributed by atoms with Crippen LogP contribution in [-0.4, -0.2) is 29.9 Å². The zero-order valence-corrected chi connectivity index (χ0v) is 13.1. The van der Waals surface area contributed by atoms with E-state index in [4.69, 9.17) is 5.73 Å². The largest absolute Gasteiger partial charge is 0.352 e. The van der Waals surface area contributed by atoms with Crippen molar-refractivity contribution < 1.29 is 9.59 Å². The minimum Gasteiger partial charge on any atom is -0.352 e. The Labute approximate surface area is 122 Å². The third-order valence-electron chi connectivity index (χ3n) is 4.06. The lowest BCUT2D eigenvalue weighted by Crippen LogP contribution is -2.49. The van der Waals surface area contributed by atoms with E-state index in [1.54, 1.807) is 6.92 Å². The molecule has 5 heteroatoms. The quantitative estimate of drug-likeness (QED) is 0.708. The van der Waals surface area contributed by atoms with Crippen LogP contribution in [0.4, 0.5) is 0 Å². The second-order valence-electron chi connectivity index (χ2n) is 6.37. The molecule has 0 spiro atoms. The van der Waals surface area contributed by atoms with Gasteiger partial charge in [-0.3, -0.25) is 9.59 Å². The van der Waals surface area contributed by atoms with E-state index in [1.165, 1.54) is 0 Å². The number of hydrogen-bond acceptors (Lipinski definition) is 3. The fourth-order valence-corrected chi connectivity index (χ4v) is 2.75. The van der Waals surface area contributed by atoms with E-state index >= 15 is 0 Å². The monoisotopic (exact) mass is 283 g/mol. The minimum absolute atomic E-state index is 0.0458. The molecule has 116 valence electrons. The van der Waals surface area contributed by atoms with Crippen molar-refractivity contribution in [1.29, 1.82) is 0 Å². The highest BCUT2D eigenvalue weighted by Crippen LogP contribution is 2.29. The maximum absolute atomic E-state index is 12.2. The molecule has 0 aliphatic heterocycles. The van der Waals surface area contributed by atoms with Gasteiger partial charge in [-0.05, 0) is 46.0 Å². The highest BCUT2D eigenvalue weighted by Gasteiger charge is 2.29. The van der Waals surface area contributed by atoms with Crippen molar-refractivity contribution in [3.05, 3.63) is 0 Å². The molecule has 0 radical (unpaired) electrons. The summed E-state index contributed by atoms with van der Waals surface area (Å²) in [7, 11) is 0. The molecule has 1 rings (SSSR count). The molecule has 20 heavy (non-hydrogen) atoms. The second kappa shape index (κ2) is 7.62. The molecule has 1 aliphatic carbocycles. The van der Waals surface area contributed by atoms with Gasteiger partial charge in [0.2, 0.25) is 11.8 Å². The fourth-order valence-electron chi connectivity index (χ4n) is 2.75. The van der Waals surface area contributed by atoms with Gasteiger partial charge in [0.1, 0.15) is 6.04 Å². The molecule has 1 aliphatic rings. The van der Waals surface area contributed by atoms with Gasteiger partial charge in [0.15, 0.2) is 0 Å². The first-order valence-corrected chi connectivity index (χ1v) is 7.67. The molecule has 5 nitrogen and oxygen atoms in total. The lowest BCUT2D eigenvalue weighted by molar-refractivity contribution is -0.132. The van der Waals surface area contributed by atoms with Crippen LogP contribution >= 0.6 is 0 Å². The Kier molecular flexibility index (Phi) is 6.46. The molecular weight excluding hydrogens is 254 g/mol. The van der Waals surface area contributed by atoms with Gasteiger partial charge in [0.25, 0.3) is 0 Å². The zero-order valence-electron chi connectivity index (χ0n) is 13.1. The van der Waals surface area contributed by atoms with E-state index in [-0.39, 0.29) is 29.8 Å². The second-order valence-corrected chi connectivity index (χ2v) is 6.37. The molecule has 2 amide bonds. The molecule has 0 heterocycles. The molecule has 4 unspecified atom stereocenters. The summed E-state index contributed by atoms with van der Waals surface area (Å²) in [5.41, 5.74) is 5.97. The van der Waals surface area contributed by atoms with Crippen LogP contribution in [0.3, 0.4) is 0 Å². The SMILES string of the molecule is CC(C)NC(=O)C(C)NC(=O)C(C)C1CCCC(N)C1. The van der Waals surface area contributed by atoms with Crippen molar-refractivity contribution >= 4 is 11.8 Å². The van der Waals surface area contributed by atoms with Crippen LogP contribution in [0.15, 0.2) is 0 Å². The maximum atomic E-state index is 12.2. The molecule has 4 N–H and O–H groups in total. The van der Waals surface area contributed by atoms with Gasteiger partial charge in [0, 0.05) is 18.0 Å². The Hall–Kier alpha value is -1.10. The molecule has 0 aromatic heterocycles. The van der Waals surface area contributed by atoms with E-state index in [2.05, 4.69) is 10.6 Å². The summed E-state index contributed by atoms with van der Waals surface area (Å²) in [5.74, 6) is 0.0613. The number of nitrogens with two attached hydrogens (primary N) is 1. The van der Waals surface area contributed by atoms with Crippen LogP contribution in [0, 0.1) is 11.8 Å². The Balaban J connectivity index is 2.46. The van der Waals surface area contributed by atoms with Crippen LogP contribution in [0.5, 0.6) is 0 Å². The average molecular weight is 283 g/mol. The Morgan fingerprint density at radius 1 is 1.05 bits per heavy atom. The molecule has 4 atom stereocenters. The average Bonchev–Trinajstić information content (AvgIpc) is 2.36. The van der Waals surface area contributed by atoms with Crippen molar-refractivity contribution in [3.63, 3.8) is 0 Å². The molecule has 0 saturated heterocycles. The summed E-state index contributed by atoms with van der Waals surface area (Å²) >= 11 is 0. The predicted octanol–water partition coefficient (Wildman–Crippen LogP) is 1.17. The molecule has 0 bridgehead atoms. The highest BCUT2D eigenvalue weighted by molar-refractivity contribution is 5.88. The zero-order chi connectivity index (χ0) is 15.3. The molecule has 0 aromatic rings. The van der Waals surface area contributed by atoms with Crippen LogP contribution in [0.25, 0.3) is 0 Å². The molecule has 0 aromatic carbocycles. The van der Waals surface area contributed by atoms with Crippen LogP contribution in [0.2, 0.25) is 0 Å². The first kappa shape index (κ1) is 17.0. The van der Waals surface area contributed by atoms with Gasteiger partial charge in [-0.15, -0.1) is 0 Å². The third kappa shape index (κ3) is 5.12. The fraction of sp³-hybridized carbons (Fsp3) is 0.867. The van der Waals surface area contributed by atoms with E-state index in [0.29, 0.717) is 5.92 Å². The first-order chi connectivity index (χ1) is 9.31. The number of rotatable bonds is 5. The van der Waals surface area contributed by atoms with Gasteiger partial charge in [-0.2, -0.15) is 0 Å². The Morgan fingerprint density at radius 3 is 2.25 bits per heavy atom. The Bertz CT molecular complexity index is 344. The van der Waals surface area contributed by atoms with Crippen LogP contribution in [-0.2, 0) is 9.59 Å². The summed E-state index contributed by atoms with van der Waals surface area (Å²) in [6, 6.07) is -0.203. The lowest BCUT2D eigenvalue weighted by Gasteiger charge is -2.31. The Morgan fingerprint density at radius 2 is 1.70 bits per heavy atom. The summed E-state index contributed by atoms with van der Waals surface area (Å²) in [6.07, 6.45) is 4.10. The topological polar surface area (TPSA) is 84.2 Å². The number of carbonyl (C=O) groups excluding carboxylic acids is 2.